The zero-order chi connectivity index (χ0) is 50.0. The predicted molar refractivity (Wildman–Crippen MR) is 270 cm³/mol. The van der Waals surface area contributed by atoms with Gasteiger partial charge in [-0.1, -0.05) is 61.4 Å². The number of nitrogens with zero attached hydrogens (tertiary/aromatic N) is 3. The zero-order valence-electron chi connectivity index (χ0n) is 40.3. The third kappa shape index (κ3) is 18.6. The Balaban J connectivity index is 0.903. The van der Waals surface area contributed by atoms with Crippen LogP contribution in [0, 0.1) is 6.92 Å². The summed E-state index contributed by atoms with van der Waals surface area (Å²) in [4.78, 5) is 88.2. The van der Waals surface area contributed by atoms with Crippen molar-refractivity contribution in [1.29, 1.82) is 0 Å². The van der Waals surface area contributed by atoms with Gasteiger partial charge in [-0.15, -0.1) is 0 Å². The summed E-state index contributed by atoms with van der Waals surface area (Å²) in [5, 5.41) is 17.2. The number of pyridine rings is 2. The van der Waals surface area contributed by atoms with Crippen molar-refractivity contribution in [1.82, 2.24) is 36.1 Å². The molecule has 0 saturated carbocycles. The van der Waals surface area contributed by atoms with E-state index in [4.69, 9.17) is 9.47 Å². The van der Waals surface area contributed by atoms with E-state index in [1.807, 2.05) is 80.0 Å². The molecule has 6 amide bonds. The summed E-state index contributed by atoms with van der Waals surface area (Å²) in [6.07, 6.45) is 9.47. The van der Waals surface area contributed by atoms with E-state index in [1.165, 1.54) is 0 Å². The molecule has 0 spiro atoms. The molecule has 0 aliphatic carbocycles. The fourth-order valence-corrected chi connectivity index (χ4v) is 7.98. The zero-order valence-corrected chi connectivity index (χ0v) is 40.3. The predicted octanol–water partition coefficient (Wildman–Crippen LogP) is 7.08. The third-order valence-electron chi connectivity index (χ3n) is 11.8. The molecular formula is C54H65N9O8. The summed E-state index contributed by atoms with van der Waals surface area (Å²) < 4.78 is 10.9. The average molecular weight is 968 g/mol. The van der Waals surface area contributed by atoms with Gasteiger partial charge in [-0.3, -0.25) is 34.0 Å². The molecule has 3 heterocycles. The summed E-state index contributed by atoms with van der Waals surface area (Å²) >= 11 is 0. The summed E-state index contributed by atoms with van der Waals surface area (Å²) in [7, 11) is 0. The van der Waals surface area contributed by atoms with Gasteiger partial charge in [0.1, 0.15) is 12.3 Å². The van der Waals surface area contributed by atoms with Gasteiger partial charge in [-0.2, -0.15) is 0 Å². The molecular weight excluding hydrogens is 903 g/mol. The number of urea groups is 1. The van der Waals surface area contributed by atoms with Crippen molar-refractivity contribution in [2.24, 2.45) is 0 Å². The number of benzene rings is 3. The van der Waals surface area contributed by atoms with Crippen molar-refractivity contribution in [3.8, 4) is 11.5 Å². The highest BCUT2D eigenvalue weighted by molar-refractivity contribution is 6.00. The van der Waals surface area contributed by atoms with Crippen molar-refractivity contribution in [2.45, 2.75) is 103 Å². The van der Waals surface area contributed by atoms with Gasteiger partial charge in [-0.25, -0.2) is 4.79 Å². The van der Waals surface area contributed by atoms with Crippen molar-refractivity contribution in [2.75, 3.05) is 37.1 Å². The van der Waals surface area contributed by atoms with Gasteiger partial charge >= 0.3 is 6.03 Å². The monoisotopic (exact) mass is 967 g/mol. The molecule has 2 aromatic heterocycles. The fourth-order valence-electron chi connectivity index (χ4n) is 7.98. The van der Waals surface area contributed by atoms with Crippen LogP contribution in [0.3, 0.4) is 0 Å². The molecule has 1 aliphatic heterocycles. The second kappa shape index (κ2) is 28.7. The van der Waals surface area contributed by atoms with Crippen LogP contribution in [0.5, 0.6) is 11.5 Å². The highest BCUT2D eigenvalue weighted by atomic mass is 16.7. The number of aldehydes is 1. The Kier molecular flexibility index (Phi) is 21.3. The van der Waals surface area contributed by atoms with E-state index in [9.17, 15) is 28.8 Å². The largest absolute Gasteiger partial charge is 0.454 e. The average Bonchev–Trinajstić information content (AvgIpc) is 3.85. The summed E-state index contributed by atoms with van der Waals surface area (Å²) in [5.41, 5.74) is 5.48. The summed E-state index contributed by atoms with van der Waals surface area (Å²) in [6, 6.07) is 29.3. The van der Waals surface area contributed by atoms with E-state index in [0.717, 1.165) is 68.6 Å². The number of carbonyl (C=O) groups is 6. The highest BCUT2D eigenvalue weighted by Crippen LogP contribution is 2.34. The number of carbonyl (C=O) groups excluding carboxylic acids is 6. The van der Waals surface area contributed by atoms with Crippen LogP contribution in [0.1, 0.15) is 98.3 Å². The Bertz CT molecular complexity index is 2450. The van der Waals surface area contributed by atoms with Crippen molar-refractivity contribution in [3.63, 3.8) is 0 Å². The molecule has 6 N–H and O–H groups in total. The number of unbranched alkanes of at least 4 members (excludes halogenated alkanes) is 4. The lowest BCUT2D eigenvalue weighted by atomic mass is 10.0. The highest BCUT2D eigenvalue weighted by Gasteiger charge is 2.26. The molecule has 6 rings (SSSR count). The van der Waals surface area contributed by atoms with E-state index >= 15 is 0 Å². The molecule has 0 radical (unpaired) electrons. The molecule has 0 fully saturated rings. The number of rotatable bonds is 29. The normalized spacial score (nSPS) is 12.3. The molecule has 2 atom stereocenters. The maximum Gasteiger partial charge on any atom is 0.323 e. The fraction of sp³-hybridized carbons (Fsp3) is 0.370. The van der Waals surface area contributed by atoms with Crippen LogP contribution < -0.4 is 41.4 Å². The topological polar surface area (TPSA) is 222 Å². The van der Waals surface area contributed by atoms with E-state index in [2.05, 4.69) is 46.8 Å². The van der Waals surface area contributed by atoms with Crippen LogP contribution in [0.2, 0.25) is 0 Å². The minimum absolute atomic E-state index is 0.0129. The molecule has 71 heavy (non-hydrogen) atoms. The number of aryl methyl sites for hydroxylation is 1. The Morgan fingerprint density at radius 3 is 1.99 bits per heavy atom. The number of nitrogens with one attached hydrogen (secondary N) is 6. The lowest BCUT2D eigenvalue weighted by molar-refractivity contribution is -0.129. The third-order valence-corrected chi connectivity index (χ3v) is 11.8. The number of para-hydroxylation sites is 1. The Morgan fingerprint density at radius 2 is 1.32 bits per heavy atom. The maximum atomic E-state index is 13.9. The standard InChI is InChI=1S/C54H65N9O8/c1-39-14-4-5-17-45(39)62-54(69)59-42-22-19-40(20-23-42)34-52(67)60-47(53(68)61-46(27-33-64)41-21-24-48-49(35-41)71-38-70-48)18-8-12-31-58-51(66)26-25-50(65)57-30-9-2-3-13-32-63(36-43-15-6-10-28-55-43)37-44-16-7-11-29-56-44/h4-7,10-11,14-17,19-24,28-29,33,35,46-47H,2-3,8-9,12-13,18,25-27,30-32,34,36-38H2,1H3,(H,57,65)(H,58,66)(H,60,67)(H,61,68)(H2,59,62,69)/t46-,47-/m0/s1. The number of aromatic nitrogens is 2. The number of amides is 6. The lowest BCUT2D eigenvalue weighted by Gasteiger charge is -2.23. The molecule has 374 valence electrons. The molecule has 0 bridgehead atoms. The molecule has 1 aliphatic rings. The van der Waals surface area contributed by atoms with E-state index < -0.39 is 29.9 Å². The molecule has 0 unspecified atom stereocenters. The molecule has 17 nitrogen and oxygen atoms in total. The van der Waals surface area contributed by atoms with Gasteiger partial charge < -0.3 is 46.2 Å². The first-order valence-electron chi connectivity index (χ1n) is 24.3. The quantitative estimate of drug-likeness (QED) is 0.0210. The Labute approximate surface area is 415 Å². The first-order valence-corrected chi connectivity index (χ1v) is 24.3. The van der Waals surface area contributed by atoms with Crippen molar-refractivity contribution < 1.29 is 38.2 Å². The van der Waals surface area contributed by atoms with Gasteiger partial charge in [0.05, 0.1) is 23.9 Å². The molecule has 17 heteroatoms. The second-order valence-corrected chi connectivity index (χ2v) is 17.4. The summed E-state index contributed by atoms with van der Waals surface area (Å²) in [5.74, 6) is -0.241. The van der Waals surface area contributed by atoms with E-state index in [-0.39, 0.29) is 50.7 Å². The second-order valence-electron chi connectivity index (χ2n) is 17.4. The smallest absolute Gasteiger partial charge is 0.323 e. The minimum Gasteiger partial charge on any atom is -0.454 e. The van der Waals surface area contributed by atoms with Crippen LogP contribution in [-0.4, -0.2) is 83.3 Å². The lowest BCUT2D eigenvalue weighted by Crippen LogP contribution is -2.48. The van der Waals surface area contributed by atoms with Gasteiger partial charge in [-0.05, 0) is 117 Å². The van der Waals surface area contributed by atoms with Gasteiger partial charge in [0.2, 0.25) is 30.4 Å². The van der Waals surface area contributed by atoms with Crippen LogP contribution in [0.15, 0.2) is 116 Å². The molecule has 0 saturated heterocycles. The number of hydrogen-bond donors (Lipinski definition) is 6. The van der Waals surface area contributed by atoms with Gasteiger partial charge in [0.25, 0.3) is 0 Å². The van der Waals surface area contributed by atoms with Crippen molar-refractivity contribution >= 4 is 47.3 Å². The minimum atomic E-state index is -0.958. The van der Waals surface area contributed by atoms with Crippen LogP contribution in [0.25, 0.3) is 0 Å². The molecule has 5 aromatic rings. The van der Waals surface area contributed by atoms with Crippen LogP contribution >= 0.6 is 0 Å². The SMILES string of the molecule is Cc1ccccc1NC(=O)Nc1ccc(CC(=O)N[C@@H](CCCCNC(=O)CCC(=O)NCCCCCCN(Cc2ccccn2)Cc2ccccn2)C(=O)N[C@@H](CC=O)c2ccc3c(c2)OCO3)cc1. The van der Waals surface area contributed by atoms with E-state index in [0.29, 0.717) is 59.9 Å². The summed E-state index contributed by atoms with van der Waals surface area (Å²) in [6.45, 7) is 5.22. The number of fused-ring (bicyclic) bond motifs is 1. The number of anilines is 2. The van der Waals surface area contributed by atoms with Crippen LogP contribution in [0.4, 0.5) is 16.2 Å². The Morgan fingerprint density at radius 1 is 0.676 bits per heavy atom. The van der Waals surface area contributed by atoms with Crippen molar-refractivity contribution in [3.05, 3.63) is 144 Å². The first-order chi connectivity index (χ1) is 34.6. The van der Waals surface area contributed by atoms with Gasteiger partial charge in [0, 0.05) is 69.2 Å². The number of ether oxygens (including phenoxy) is 2. The van der Waals surface area contributed by atoms with Gasteiger partial charge in [0.15, 0.2) is 11.5 Å². The van der Waals surface area contributed by atoms with Crippen LogP contribution in [-0.2, 0) is 43.5 Å². The Hall–Kier alpha value is -7.66. The number of hydrogen-bond acceptors (Lipinski definition) is 11. The molecule has 3 aromatic carbocycles. The first kappa shape index (κ1) is 52.7. The maximum absolute atomic E-state index is 13.9. The van der Waals surface area contributed by atoms with E-state index in [1.54, 1.807) is 42.5 Å².